The lowest BCUT2D eigenvalue weighted by molar-refractivity contribution is 0.360. The lowest BCUT2D eigenvalue weighted by Crippen LogP contribution is -2.29. The molecule has 0 N–H and O–H groups in total. The molecule has 0 aliphatic carbocycles. The van der Waals surface area contributed by atoms with Gasteiger partial charge < -0.3 is 9.32 Å². The Morgan fingerprint density at radius 1 is 1.20 bits per heavy atom. The fourth-order valence-corrected chi connectivity index (χ4v) is 3.08. The average molecular weight is 287 g/mol. The van der Waals surface area contributed by atoms with Crippen LogP contribution in [-0.4, -0.2) is 27.3 Å². The molecule has 4 nitrogen and oxygen atoms in total. The number of rotatable bonds is 4. The second-order valence-corrected chi connectivity index (χ2v) is 5.72. The van der Waals surface area contributed by atoms with Crippen molar-refractivity contribution in [2.45, 2.75) is 19.5 Å². The quantitative estimate of drug-likeness (QED) is 0.866. The van der Waals surface area contributed by atoms with E-state index in [2.05, 4.69) is 14.9 Å². The zero-order chi connectivity index (χ0) is 13.6. The first-order valence-electron chi connectivity index (χ1n) is 6.75. The highest BCUT2D eigenvalue weighted by Gasteiger charge is 2.16. The van der Waals surface area contributed by atoms with Gasteiger partial charge in [-0.2, -0.15) is 0 Å². The molecule has 104 valence electrons. The summed E-state index contributed by atoms with van der Waals surface area (Å²) < 4.78 is 5.47. The fourth-order valence-electron chi connectivity index (χ4n) is 2.13. The van der Waals surface area contributed by atoms with E-state index in [1.165, 1.54) is 5.56 Å². The highest BCUT2D eigenvalue weighted by Crippen LogP contribution is 2.20. The van der Waals surface area contributed by atoms with Crippen molar-refractivity contribution in [1.29, 1.82) is 0 Å². The third-order valence-electron chi connectivity index (χ3n) is 3.10. The van der Waals surface area contributed by atoms with Gasteiger partial charge in [-0.05, 0) is 36.2 Å². The first-order valence-corrected chi connectivity index (χ1v) is 7.74. The molecule has 0 fully saturated rings. The average Bonchev–Trinajstić information content (AvgIpc) is 3.02. The Kier molecular flexibility index (Phi) is 4.38. The highest BCUT2D eigenvalue weighted by molar-refractivity contribution is 8.13. The number of thioether (sulfide) groups is 1. The Bertz CT molecular complexity index is 554. The summed E-state index contributed by atoms with van der Waals surface area (Å²) in [6.07, 6.45) is 6.54. The predicted octanol–water partition coefficient (Wildman–Crippen LogP) is 3.17. The van der Waals surface area contributed by atoms with Gasteiger partial charge in [0.15, 0.2) is 5.17 Å². The van der Waals surface area contributed by atoms with Crippen LogP contribution in [-0.2, 0) is 13.1 Å². The number of hydrogen-bond acceptors (Lipinski definition) is 5. The second kappa shape index (κ2) is 6.61. The molecule has 0 saturated carbocycles. The summed E-state index contributed by atoms with van der Waals surface area (Å²) in [6.45, 7) is 2.50. The van der Waals surface area contributed by atoms with Gasteiger partial charge >= 0.3 is 0 Å². The van der Waals surface area contributed by atoms with Crippen molar-refractivity contribution in [3.8, 4) is 0 Å². The largest absolute Gasteiger partial charge is 0.467 e. The molecule has 0 aromatic carbocycles. The minimum absolute atomic E-state index is 0.751. The molecule has 2 aromatic heterocycles. The van der Waals surface area contributed by atoms with Crippen LogP contribution in [0.4, 0.5) is 0 Å². The van der Waals surface area contributed by atoms with E-state index in [-0.39, 0.29) is 0 Å². The van der Waals surface area contributed by atoms with Crippen LogP contribution in [0.1, 0.15) is 17.7 Å². The Labute approximate surface area is 122 Å². The molecule has 1 aliphatic rings. The van der Waals surface area contributed by atoms with Crippen molar-refractivity contribution in [3.05, 3.63) is 54.2 Å². The minimum Gasteiger partial charge on any atom is -0.467 e. The third kappa shape index (κ3) is 3.42. The molecular formula is C15H17N3OS. The van der Waals surface area contributed by atoms with Crippen LogP contribution in [0.15, 0.2) is 52.3 Å². The van der Waals surface area contributed by atoms with Gasteiger partial charge in [-0.1, -0.05) is 11.8 Å². The van der Waals surface area contributed by atoms with Crippen LogP contribution in [0.3, 0.4) is 0 Å². The van der Waals surface area contributed by atoms with E-state index in [4.69, 9.17) is 4.42 Å². The standard InChI is InChI=1S/C15H17N3OS/c1-3-14(19-9-1)12-18(15-17-6-2-10-20-15)11-13-4-7-16-8-5-13/h1,3-5,7-9H,2,6,10-12H2. The van der Waals surface area contributed by atoms with Gasteiger partial charge in [-0.15, -0.1) is 0 Å². The van der Waals surface area contributed by atoms with Crippen molar-refractivity contribution in [1.82, 2.24) is 9.88 Å². The Hall–Kier alpha value is -1.75. The molecule has 2 aromatic rings. The van der Waals surface area contributed by atoms with Gasteiger partial charge in [0, 0.05) is 31.2 Å². The van der Waals surface area contributed by atoms with E-state index < -0.39 is 0 Å². The van der Waals surface area contributed by atoms with Crippen molar-refractivity contribution < 1.29 is 4.42 Å². The number of hydrogen-bond donors (Lipinski definition) is 0. The SMILES string of the molecule is c1coc(CN(Cc2ccncc2)C2=NCCCS2)c1. The second-order valence-electron chi connectivity index (χ2n) is 4.66. The predicted molar refractivity (Wildman–Crippen MR) is 81.6 cm³/mol. The topological polar surface area (TPSA) is 41.6 Å². The van der Waals surface area contributed by atoms with Crippen molar-refractivity contribution in [2.75, 3.05) is 12.3 Å². The Morgan fingerprint density at radius 3 is 2.80 bits per heavy atom. The summed E-state index contributed by atoms with van der Waals surface area (Å²) in [5.41, 5.74) is 1.24. The number of aliphatic imine (C=N–C) groups is 1. The summed E-state index contributed by atoms with van der Waals surface area (Å²) in [4.78, 5) is 11.0. The molecular weight excluding hydrogens is 270 g/mol. The van der Waals surface area contributed by atoms with Gasteiger partial charge in [0.2, 0.25) is 0 Å². The summed E-state index contributed by atoms with van der Waals surface area (Å²) >= 11 is 1.83. The number of amidine groups is 1. The van der Waals surface area contributed by atoms with E-state index >= 15 is 0 Å². The zero-order valence-electron chi connectivity index (χ0n) is 11.2. The molecule has 1 aliphatic heterocycles. The van der Waals surface area contributed by atoms with Gasteiger partial charge in [0.25, 0.3) is 0 Å². The molecule has 0 unspecified atom stereocenters. The lowest BCUT2D eigenvalue weighted by Gasteiger charge is -2.26. The van der Waals surface area contributed by atoms with Crippen molar-refractivity contribution >= 4 is 16.9 Å². The molecule has 5 heteroatoms. The number of nitrogens with zero attached hydrogens (tertiary/aromatic N) is 3. The summed E-state index contributed by atoms with van der Waals surface area (Å²) in [6, 6.07) is 8.02. The molecule has 0 saturated heterocycles. The normalized spacial score (nSPS) is 14.9. The smallest absolute Gasteiger partial charge is 0.159 e. The maximum atomic E-state index is 5.47. The summed E-state index contributed by atoms with van der Waals surface area (Å²) in [7, 11) is 0. The Morgan fingerprint density at radius 2 is 2.10 bits per heavy atom. The lowest BCUT2D eigenvalue weighted by atomic mass is 10.2. The third-order valence-corrected chi connectivity index (χ3v) is 4.24. The zero-order valence-corrected chi connectivity index (χ0v) is 12.1. The van der Waals surface area contributed by atoms with E-state index in [9.17, 15) is 0 Å². The van der Waals surface area contributed by atoms with Crippen LogP contribution < -0.4 is 0 Å². The first kappa shape index (κ1) is 13.2. The van der Waals surface area contributed by atoms with Crippen molar-refractivity contribution in [2.24, 2.45) is 4.99 Å². The van der Waals surface area contributed by atoms with Crippen molar-refractivity contribution in [3.63, 3.8) is 0 Å². The Balaban J connectivity index is 1.77. The minimum atomic E-state index is 0.751. The van der Waals surface area contributed by atoms with Crippen LogP contribution in [0.25, 0.3) is 0 Å². The number of aromatic nitrogens is 1. The van der Waals surface area contributed by atoms with E-state index in [0.717, 1.165) is 42.7 Å². The monoisotopic (exact) mass is 287 g/mol. The van der Waals surface area contributed by atoms with Crippen LogP contribution >= 0.6 is 11.8 Å². The van der Waals surface area contributed by atoms with Crippen LogP contribution in [0, 0.1) is 0 Å². The van der Waals surface area contributed by atoms with E-state index in [1.54, 1.807) is 6.26 Å². The van der Waals surface area contributed by atoms with E-state index in [0.29, 0.717) is 0 Å². The van der Waals surface area contributed by atoms with E-state index in [1.807, 2.05) is 48.4 Å². The molecule has 20 heavy (non-hydrogen) atoms. The summed E-state index contributed by atoms with van der Waals surface area (Å²) in [5, 5.41) is 1.12. The maximum absolute atomic E-state index is 5.47. The molecule has 0 radical (unpaired) electrons. The fraction of sp³-hybridized carbons (Fsp3) is 0.333. The van der Waals surface area contributed by atoms with Crippen LogP contribution in [0.5, 0.6) is 0 Å². The highest BCUT2D eigenvalue weighted by atomic mass is 32.2. The molecule has 3 rings (SSSR count). The molecule has 0 spiro atoms. The molecule has 0 atom stereocenters. The summed E-state index contributed by atoms with van der Waals surface area (Å²) in [5.74, 6) is 2.11. The molecule has 3 heterocycles. The number of pyridine rings is 1. The van der Waals surface area contributed by atoms with Crippen LogP contribution in [0.2, 0.25) is 0 Å². The molecule has 0 amide bonds. The van der Waals surface area contributed by atoms with Gasteiger partial charge in [-0.25, -0.2) is 0 Å². The first-order chi connectivity index (χ1) is 9.92. The number of furan rings is 1. The van der Waals surface area contributed by atoms with Gasteiger partial charge in [0.1, 0.15) is 5.76 Å². The molecule has 0 bridgehead atoms. The van der Waals surface area contributed by atoms with Gasteiger partial charge in [-0.3, -0.25) is 9.98 Å². The van der Waals surface area contributed by atoms with Gasteiger partial charge in [0.05, 0.1) is 12.8 Å². The maximum Gasteiger partial charge on any atom is 0.159 e.